The smallest absolute Gasteiger partial charge is 0.162 e. The zero-order chi connectivity index (χ0) is 18.7. The van der Waals surface area contributed by atoms with E-state index in [2.05, 4.69) is 6.92 Å². The second-order valence-corrected chi connectivity index (χ2v) is 9.14. The standard InChI is InChI=1S/C21H28O5/c1-20-7-6-13(24)8-12(20)2-3-14-15-4-5-16(18(26)10-22)21(15,11-23)9-17(25)19(14)20/h8,11,14-17,19,22,25H,2-7,9-10H2,1H3/t14-,15-,16+,17-,19?,20-,21+/m0/s1. The second-order valence-electron chi connectivity index (χ2n) is 9.14. The first-order chi connectivity index (χ1) is 12.4. The molecule has 5 nitrogen and oxygen atoms in total. The van der Waals surface area contributed by atoms with E-state index >= 15 is 0 Å². The molecule has 4 rings (SSSR count). The third-order valence-corrected chi connectivity index (χ3v) is 8.27. The van der Waals surface area contributed by atoms with Crippen LogP contribution in [0.5, 0.6) is 0 Å². The molecule has 5 heteroatoms. The molecule has 0 aromatic rings. The third-order valence-electron chi connectivity index (χ3n) is 8.27. The number of hydrogen-bond acceptors (Lipinski definition) is 5. The lowest BCUT2D eigenvalue weighted by molar-refractivity contribution is -0.157. The first-order valence-corrected chi connectivity index (χ1v) is 9.89. The summed E-state index contributed by atoms with van der Waals surface area (Å²) in [5, 5.41) is 20.5. The summed E-state index contributed by atoms with van der Waals surface area (Å²) in [7, 11) is 0. The van der Waals surface area contributed by atoms with Gasteiger partial charge < -0.3 is 15.0 Å². The number of allylic oxidation sites excluding steroid dienone is 1. The first kappa shape index (κ1) is 18.1. The molecule has 2 N–H and O–H groups in total. The molecule has 0 bridgehead atoms. The number of Topliss-reactive ketones (excluding diaryl/α,β-unsaturated/α-hetero) is 1. The molecule has 4 aliphatic carbocycles. The lowest BCUT2D eigenvalue weighted by Crippen LogP contribution is -2.58. The van der Waals surface area contributed by atoms with Crippen molar-refractivity contribution in [2.24, 2.45) is 34.5 Å². The molecular formula is C21H28O5. The van der Waals surface area contributed by atoms with E-state index in [1.807, 2.05) is 0 Å². The summed E-state index contributed by atoms with van der Waals surface area (Å²) >= 11 is 0. The summed E-state index contributed by atoms with van der Waals surface area (Å²) in [6, 6.07) is 0. The molecule has 3 fully saturated rings. The Balaban J connectivity index is 1.74. The van der Waals surface area contributed by atoms with Crippen LogP contribution < -0.4 is 0 Å². The number of fused-ring (bicyclic) bond motifs is 5. The van der Waals surface area contributed by atoms with Gasteiger partial charge in [0.15, 0.2) is 11.6 Å². The quantitative estimate of drug-likeness (QED) is 0.750. The Morgan fingerprint density at radius 3 is 2.77 bits per heavy atom. The van der Waals surface area contributed by atoms with Gasteiger partial charge in [0.1, 0.15) is 12.9 Å². The van der Waals surface area contributed by atoms with Gasteiger partial charge in [-0.15, -0.1) is 0 Å². The van der Waals surface area contributed by atoms with Crippen LogP contribution >= 0.6 is 0 Å². The molecule has 0 aromatic carbocycles. The minimum atomic E-state index is -0.831. The minimum absolute atomic E-state index is 0.0386. The molecular weight excluding hydrogens is 332 g/mol. The molecule has 0 heterocycles. The maximum absolute atomic E-state index is 12.3. The van der Waals surface area contributed by atoms with Crippen molar-refractivity contribution in [3.63, 3.8) is 0 Å². The van der Waals surface area contributed by atoms with Gasteiger partial charge in [0.2, 0.25) is 0 Å². The number of aliphatic hydroxyl groups is 2. The van der Waals surface area contributed by atoms with Crippen molar-refractivity contribution in [3.05, 3.63) is 11.6 Å². The Morgan fingerprint density at radius 2 is 2.08 bits per heavy atom. The van der Waals surface area contributed by atoms with E-state index < -0.39 is 24.0 Å². The fraction of sp³-hybridized carbons (Fsp3) is 0.762. The maximum Gasteiger partial charge on any atom is 0.162 e. The van der Waals surface area contributed by atoms with Gasteiger partial charge in [-0.25, -0.2) is 0 Å². The number of rotatable bonds is 3. The number of ketones is 2. The lowest BCUT2D eigenvalue weighted by atomic mass is 9.45. The van der Waals surface area contributed by atoms with Crippen molar-refractivity contribution in [3.8, 4) is 0 Å². The van der Waals surface area contributed by atoms with Gasteiger partial charge in [0.25, 0.3) is 0 Å². The summed E-state index contributed by atoms with van der Waals surface area (Å²) in [5.41, 5.74) is 0.140. The van der Waals surface area contributed by atoms with Gasteiger partial charge in [-0.3, -0.25) is 9.59 Å². The van der Waals surface area contributed by atoms with Gasteiger partial charge in [0, 0.05) is 17.8 Å². The van der Waals surface area contributed by atoms with Gasteiger partial charge in [-0.2, -0.15) is 0 Å². The highest BCUT2D eigenvalue weighted by atomic mass is 16.3. The van der Waals surface area contributed by atoms with Crippen molar-refractivity contribution in [2.45, 2.75) is 58.0 Å². The Morgan fingerprint density at radius 1 is 1.31 bits per heavy atom. The molecule has 1 unspecified atom stereocenters. The Labute approximate surface area is 153 Å². The van der Waals surface area contributed by atoms with Crippen LogP contribution in [0.25, 0.3) is 0 Å². The highest BCUT2D eigenvalue weighted by molar-refractivity contribution is 5.91. The van der Waals surface area contributed by atoms with Crippen LogP contribution in [-0.2, 0) is 14.4 Å². The third kappa shape index (κ3) is 2.26. The predicted octanol–water partition coefficient (Wildman–Crippen LogP) is 1.85. The van der Waals surface area contributed by atoms with Crippen molar-refractivity contribution in [1.29, 1.82) is 0 Å². The highest BCUT2D eigenvalue weighted by Crippen LogP contribution is 2.66. The van der Waals surface area contributed by atoms with Crippen molar-refractivity contribution in [1.82, 2.24) is 0 Å². The summed E-state index contributed by atoms with van der Waals surface area (Å²) < 4.78 is 0. The van der Waals surface area contributed by atoms with Gasteiger partial charge in [-0.1, -0.05) is 12.5 Å². The van der Waals surface area contributed by atoms with E-state index in [4.69, 9.17) is 0 Å². The molecule has 0 amide bonds. The predicted molar refractivity (Wildman–Crippen MR) is 94.1 cm³/mol. The number of carbonyl (C=O) groups is 3. The van der Waals surface area contributed by atoms with Crippen molar-refractivity contribution < 1.29 is 24.6 Å². The van der Waals surface area contributed by atoms with E-state index in [9.17, 15) is 24.6 Å². The summed E-state index contributed by atoms with van der Waals surface area (Å²) in [4.78, 5) is 36.4. The second kappa shape index (κ2) is 6.10. The molecule has 0 aromatic heterocycles. The van der Waals surface area contributed by atoms with Gasteiger partial charge >= 0.3 is 0 Å². The maximum atomic E-state index is 12.3. The topological polar surface area (TPSA) is 91.7 Å². The van der Waals surface area contributed by atoms with Crippen LogP contribution in [0.2, 0.25) is 0 Å². The molecule has 0 spiro atoms. The first-order valence-electron chi connectivity index (χ1n) is 9.89. The minimum Gasteiger partial charge on any atom is -0.393 e. The number of aldehydes is 1. The van der Waals surface area contributed by atoms with E-state index in [0.29, 0.717) is 19.3 Å². The summed E-state index contributed by atoms with van der Waals surface area (Å²) in [5.74, 6) is -0.241. The van der Waals surface area contributed by atoms with E-state index in [0.717, 1.165) is 37.5 Å². The van der Waals surface area contributed by atoms with Crippen LogP contribution in [0.3, 0.4) is 0 Å². The Hall–Kier alpha value is -1.33. The molecule has 26 heavy (non-hydrogen) atoms. The SMILES string of the molecule is C[C@]12CCC(=O)C=C1CC[C@@H]1C2[C@@H](O)C[C@]2(C=O)[C@@H](C(=O)CO)CC[C@@H]12. The zero-order valence-corrected chi connectivity index (χ0v) is 15.3. The van der Waals surface area contributed by atoms with Crippen LogP contribution in [-0.4, -0.2) is 40.8 Å². The zero-order valence-electron chi connectivity index (χ0n) is 15.3. The van der Waals surface area contributed by atoms with Gasteiger partial charge in [-0.05, 0) is 67.8 Å². The Kier molecular flexibility index (Phi) is 4.23. The molecule has 4 aliphatic rings. The van der Waals surface area contributed by atoms with Crippen LogP contribution in [0.15, 0.2) is 11.6 Å². The van der Waals surface area contributed by atoms with Crippen molar-refractivity contribution >= 4 is 17.9 Å². The average molecular weight is 360 g/mol. The van der Waals surface area contributed by atoms with Crippen LogP contribution in [0.1, 0.15) is 51.9 Å². The van der Waals surface area contributed by atoms with E-state index in [1.165, 1.54) is 0 Å². The fourth-order valence-corrected chi connectivity index (χ4v) is 7.18. The van der Waals surface area contributed by atoms with E-state index in [-0.39, 0.29) is 34.7 Å². The average Bonchev–Trinajstić information content (AvgIpc) is 3.00. The molecule has 0 saturated heterocycles. The van der Waals surface area contributed by atoms with Crippen LogP contribution in [0, 0.1) is 34.5 Å². The lowest BCUT2D eigenvalue weighted by Gasteiger charge is -2.59. The monoisotopic (exact) mass is 360 g/mol. The fourth-order valence-electron chi connectivity index (χ4n) is 7.18. The molecule has 7 atom stereocenters. The number of hydrogen-bond donors (Lipinski definition) is 2. The molecule has 142 valence electrons. The summed E-state index contributed by atoms with van der Waals surface area (Å²) in [6.45, 7) is 1.63. The number of carbonyl (C=O) groups excluding carboxylic acids is 3. The molecule has 0 aliphatic heterocycles. The van der Waals surface area contributed by atoms with Gasteiger partial charge in [0.05, 0.1) is 6.10 Å². The largest absolute Gasteiger partial charge is 0.393 e. The number of aliphatic hydroxyl groups excluding tert-OH is 2. The van der Waals surface area contributed by atoms with Crippen molar-refractivity contribution in [2.75, 3.05) is 6.61 Å². The Bertz CT molecular complexity index is 682. The van der Waals surface area contributed by atoms with E-state index in [1.54, 1.807) is 6.08 Å². The normalized spacial score (nSPS) is 47.4. The summed E-state index contributed by atoms with van der Waals surface area (Å²) in [6.07, 6.45) is 6.75. The molecule has 3 saturated carbocycles. The highest BCUT2D eigenvalue weighted by Gasteiger charge is 2.64. The molecule has 0 radical (unpaired) electrons. The van der Waals surface area contributed by atoms with Crippen LogP contribution in [0.4, 0.5) is 0 Å².